The van der Waals surface area contributed by atoms with Crippen LogP contribution in [0.3, 0.4) is 0 Å². The minimum atomic E-state index is -0.699. The third-order valence-electron chi connectivity index (χ3n) is 3.46. The molecule has 1 amide bonds. The van der Waals surface area contributed by atoms with Crippen molar-refractivity contribution in [1.29, 1.82) is 0 Å². The molecule has 0 radical (unpaired) electrons. The van der Waals surface area contributed by atoms with Crippen molar-refractivity contribution in [3.63, 3.8) is 0 Å². The van der Waals surface area contributed by atoms with Gasteiger partial charge in [0.25, 0.3) is 0 Å². The van der Waals surface area contributed by atoms with Crippen molar-refractivity contribution in [2.45, 2.75) is 64.5 Å². The van der Waals surface area contributed by atoms with Crippen LogP contribution in [0, 0.1) is 5.92 Å². The third-order valence-corrected chi connectivity index (χ3v) is 3.46. The van der Waals surface area contributed by atoms with Crippen LogP contribution in [0.2, 0.25) is 0 Å². The maximum absolute atomic E-state index is 11.7. The number of nitrogens with one attached hydrogen (secondary N) is 2. The van der Waals surface area contributed by atoms with Crippen LogP contribution in [0.5, 0.6) is 0 Å². The van der Waals surface area contributed by atoms with Crippen LogP contribution in [-0.2, 0) is 4.79 Å². The zero-order valence-electron chi connectivity index (χ0n) is 12.2. The fourth-order valence-electron chi connectivity index (χ4n) is 2.46. The average molecular weight is 256 g/mol. The SMILES string of the molecule is CC1CCCC(O)(CNC(=O)CNC(C)(C)C)C1. The van der Waals surface area contributed by atoms with E-state index in [1.165, 1.54) is 6.42 Å². The van der Waals surface area contributed by atoms with E-state index in [4.69, 9.17) is 0 Å². The van der Waals surface area contributed by atoms with E-state index in [0.717, 1.165) is 19.3 Å². The topological polar surface area (TPSA) is 61.4 Å². The van der Waals surface area contributed by atoms with E-state index in [-0.39, 0.29) is 11.4 Å². The van der Waals surface area contributed by atoms with E-state index in [9.17, 15) is 9.90 Å². The summed E-state index contributed by atoms with van der Waals surface area (Å²) in [5, 5.41) is 16.4. The molecule has 0 saturated heterocycles. The maximum atomic E-state index is 11.7. The molecule has 0 spiro atoms. The van der Waals surface area contributed by atoms with Crippen LogP contribution >= 0.6 is 0 Å². The van der Waals surface area contributed by atoms with Gasteiger partial charge in [-0.25, -0.2) is 0 Å². The molecular weight excluding hydrogens is 228 g/mol. The summed E-state index contributed by atoms with van der Waals surface area (Å²) in [6.07, 6.45) is 3.82. The first-order chi connectivity index (χ1) is 8.20. The number of aliphatic hydroxyl groups is 1. The van der Waals surface area contributed by atoms with E-state index in [1.807, 2.05) is 20.8 Å². The van der Waals surface area contributed by atoms with Gasteiger partial charge in [0.2, 0.25) is 5.91 Å². The lowest BCUT2D eigenvalue weighted by atomic mass is 9.79. The Morgan fingerprint density at radius 3 is 2.67 bits per heavy atom. The van der Waals surface area contributed by atoms with Gasteiger partial charge in [-0.2, -0.15) is 0 Å². The second kappa shape index (κ2) is 6.02. The fourth-order valence-corrected chi connectivity index (χ4v) is 2.46. The van der Waals surface area contributed by atoms with Gasteiger partial charge in [-0.1, -0.05) is 19.8 Å². The quantitative estimate of drug-likeness (QED) is 0.713. The van der Waals surface area contributed by atoms with Crippen molar-refractivity contribution in [2.75, 3.05) is 13.1 Å². The predicted octanol–water partition coefficient (Wildman–Crippen LogP) is 1.43. The van der Waals surface area contributed by atoms with Crippen molar-refractivity contribution in [2.24, 2.45) is 5.92 Å². The second-order valence-corrected chi connectivity index (χ2v) is 6.81. The predicted molar refractivity (Wildman–Crippen MR) is 73.3 cm³/mol. The molecule has 0 heterocycles. The maximum Gasteiger partial charge on any atom is 0.234 e. The minimum Gasteiger partial charge on any atom is -0.388 e. The number of carbonyl (C=O) groups is 1. The molecule has 18 heavy (non-hydrogen) atoms. The van der Waals surface area contributed by atoms with Gasteiger partial charge in [-0.3, -0.25) is 4.79 Å². The molecule has 0 aromatic rings. The molecule has 1 fully saturated rings. The van der Waals surface area contributed by atoms with E-state index >= 15 is 0 Å². The van der Waals surface area contributed by atoms with Gasteiger partial charge in [0.15, 0.2) is 0 Å². The van der Waals surface area contributed by atoms with Gasteiger partial charge in [0.05, 0.1) is 12.1 Å². The van der Waals surface area contributed by atoms with Crippen molar-refractivity contribution < 1.29 is 9.90 Å². The Morgan fingerprint density at radius 1 is 1.44 bits per heavy atom. The van der Waals surface area contributed by atoms with Crippen LogP contribution in [0.1, 0.15) is 53.4 Å². The smallest absolute Gasteiger partial charge is 0.234 e. The van der Waals surface area contributed by atoms with Crippen LogP contribution < -0.4 is 10.6 Å². The molecule has 1 rings (SSSR count). The Bertz CT molecular complexity index is 286. The van der Waals surface area contributed by atoms with Gasteiger partial charge in [-0.05, 0) is 39.5 Å². The zero-order valence-corrected chi connectivity index (χ0v) is 12.2. The summed E-state index contributed by atoms with van der Waals surface area (Å²) in [7, 11) is 0. The van der Waals surface area contributed by atoms with Gasteiger partial charge in [0.1, 0.15) is 0 Å². The molecule has 0 aromatic carbocycles. The lowest BCUT2D eigenvalue weighted by molar-refractivity contribution is -0.122. The Kier molecular flexibility index (Phi) is 5.17. The van der Waals surface area contributed by atoms with Gasteiger partial charge < -0.3 is 15.7 Å². The van der Waals surface area contributed by atoms with Crippen molar-refractivity contribution in [3.8, 4) is 0 Å². The summed E-state index contributed by atoms with van der Waals surface area (Å²) in [6.45, 7) is 8.91. The van der Waals surface area contributed by atoms with Crippen LogP contribution in [0.4, 0.5) is 0 Å². The molecule has 2 atom stereocenters. The largest absolute Gasteiger partial charge is 0.388 e. The van der Waals surface area contributed by atoms with Crippen LogP contribution in [0.25, 0.3) is 0 Å². The summed E-state index contributed by atoms with van der Waals surface area (Å²) >= 11 is 0. The van der Waals surface area contributed by atoms with Crippen LogP contribution in [0.15, 0.2) is 0 Å². The molecular formula is C14H28N2O2. The molecule has 0 aromatic heterocycles. The Morgan fingerprint density at radius 2 is 2.11 bits per heavy atom. The van der Waals surface area contributed by atoms with Crippen LogP contribution in [-0.4, -0.2) is 35.2 Å². The zero-order chi connectivity index (χ0) is 13.8. The first-order valence-corrected chi connectivity index (χ1v) is 6.94. The highest BCUT2D eigenvalue weighted by Gasteiger charge is 2.32. The molecule has 1 aliphatic rings. The average Bonchev–Trinajstić information content (AvgIpc) is 2.22. The van der Waals surface area contributed by atoms with E-state index in [0.29, 0.717) is 19.0 Å². The van der Waals surface area contributed by atoms with Crippen molar-refractivity contribution in [1.82, 2.24) is 10.6 Å². The van der Waals surface area contributed by atoms with E-state index < -0.39 is 5.60 Å². The van der Waals surface area contributed by atoms with Crippen molar-refractivity contribution >= 4 is 5.91 Å². The Labute approximate surface area is 111 Å². The fraction of sp³-hybridized carbons (Fsp3) is 0.929. The molecule has 2 unspecified atom stereocenters. The molecule has 1 saturated carbocycles. The Balaban J connectivity index is 2.29. The standard InChI is InChI=1S/C14H28N2O2/c1-11-6-5-7-14(18,8-11)10-15-12(17)9-16-13(2,3)4/h11,16,18H,5-10H2,1-4H3,(H,15,17). The monoisotopic (exact) mass is 256 g/mol. The summed E-state index contributed by atoms with van der Waals surface area (Å²) in [6, 6.07) is 0. The molecule has 0 aliphatic heterocycles. The summed E-state index contributed by atoms with van der Waals surface area (Å²) in [4.78, 5) is 11.7. The van der Waals surface area contributed by atoms with Gasteiger partial charge >= 0.3 is 0 Å². The molecule has 1 aliphatic carbocycles. The highest BCUT2D eigenvalue weighted by Crippen LogP contribution is 2.31. The lowest BCUT2D eigenvalue weighted by Crippen LogP contribution is -2.49. The number of rotatable bonds is 4. The normalized spacial score (nSPS) is 29.1. The summed E-state index contributed by atoms with van der Waals surface area (Å²) in [5.74, 6) is 0.505. The lowest BCUT2D eigenvalue weighted by Gasteiger charge is -2.35. The highest BCUT2D eigenvalue weighted by molar-refractivity contribution is 5.78. The highest BCUT2D eigenvalue weighted by atomic mass is 16.3. The minimum absolute atomic E-state index is 0.0448. The summed E-state index contributed by atoms with van der Waals surface area (Å²) in [5.41, 5.74) is -0.761. The molecule has 4 heteroatoms. The number of carbonyl (C=O) groups excluding carboxylic acids is 1. The first-order valence-electron chi connectivity index (χ1n) is 6.94. The number of amides is 1. The number of hydrogen-bond acceptors (Lipinski definition) is 3. The van der Waals surface area contributed by atoms with Gasteiger partial charge in [0, 0.05) is 12.1 Å². The molecule has 0 bridgehead atoms. The Hall–Kier alpha value is -0.610. The van der Waals surface area contributed by atoms with E-state index in [2.05, 4.69) is 17.6 Å². The number of hydrogen-bond donors (Lipinski definition) is 3. The molecule has 3 N–H and O–H groups in total. The molecule has 4 nitrogen and oxygen atoms in total. The third kappa shape index (κ3) is 5.83. The van der Waals surface area contributed by atoms with E-state index in [1.54, 1.807) is 0 Å². The summed E-state index contributed by atoms with van der Waals surface area (Å²) < 4.78 is 0. The molecule has 106 valence electrons. The van der Waals surface area contributed by atoms with Crippen molar-refractivity contribution in [3.05, 3.63) is 0 Å². The second-order valence-electron chi connectivity index (χ2n) is 6.81. The van der Waals surface area contributed by atoms with Gasteiger partial charge in [-0.15, -0.1) is 0 Å². The first kappa shape index (κ1) is 15.4.